The van der Waals surface area contributed by atoms with Crippen LogP contribution in [0, 0.1) is 6.92 Å². The zero-order chi connectivity index (χ0) is 10.6. The smallest absolute Gasteiger partial charge is 0.322 e. The minimum Gasteiger partial charge on any atom is -0.480 e. The Balaban J connectivity index is 2.52. The molecule has 2 rings (SSSR count). The molecular formula is C8H8F2N2O2. The van der Waals surface area contributed by atoms with Crippen LogP contribution >= 0.6 is 0 Å². The maximum absolute atomic E-state index is 13.0. The Morgan fingerprint density at radius 2 is 2.29 bits per heavy atom. The van der Waals surface area contributed by atoms with Crippen molar-refractivity contribution in [2.24, 2.45) is 0 Å². The fraction of sp³-hybridized carbons (Fsp3) is 0.500. The minimum atomic E-state index is -3.18. The third-order valence-electron chi connectivity index (χ3n) is 2.59. The predicted molar refractivity (Wildman–Crippen MR) is 42.2 cm³/mol. The van der Waals surface area contributed by atoms with Crippen LogP contribution in [0.3, 0.4) is 0 Å². The molecule has 0 saturated heterocycles. The van der Waals surface area contributed by atoms with E-state index in [1.807, 2.05) is 0 Å². The number of carboxylic acid groups (broad SMARTS) is 1. The predicted octanol–water partition coefficient (Wildman–Crippen LogP) is 1.08. The standard InChI is InChI=1S/C8H8F2N2O2/c1-4-5(12-3-11-4)7(6(13)14)2-8(7,9)10/h3H,2H2,1H3,(H,11,12)(H,13,14). The van der Waals surface area contributed by atoms with Crippen LogP contribution in [0.4, 0.5) is 8.78 Å². The topological polar surface area (TPSA) is 66.0 Å². The van der Waals surface area contributed by atoms with Crippen LogP contribution < -0.4 is 0 Å². The first-order valence-electron chi connectivity index (χ1n) is 4.03. The quantitative estimate of drug-likeness (QED) is 0.754. The van der Waals surface area contributed by atoms with Crippen LogP contribution in [0.1, 0.15) is 17.8 Å². The summed E-state index contributed by atoms with van der Waals surface area (Å²) in [7, 11) is 0. The van der Waals surface area contributed by atoms with Gasteiger partial charge in [0, 0.05) is 12.1 Å². The Morgan fingerprint density at radius 3 is 2.57 bits per heavy atom. The van der Waals surface area contributed by atoms with Gasteiger partial charge in [0.15, 0.2) is 5.41 Å². The molecule has 1 fully saturated rings. The summed E-state index contributed by atoms with van der Waals surface area (Å²) in [6, 6.07) is 0. The molecule has 0 radical (unpaired) electrons. The van der Waals surface area contributed by atoms with Gasteiger partial charge in [-0.2, -0.15) is 0 Å². The summed E-state index contributed by atoms with van der Waals surface area (Å²) in [4.78, 5) is 17.1. The molecule has 4 nitrogen and oxygen atoms in total. The number of carbonyl (C=O) groups is 1. The highest BCUT2D eigenvalue weighted by Crippen LogP contribution is 2.61. The number of nitrogens with zero attached hydrogens (tertiary/aromatic N) is 1. The lowest BCUT2D eigenvalue weighted by atomic mass is 10.0. The van der Waals surface area contributed by atoms with E-state index in [9.17, 15) is 13.6 Å². The summed E-state index contributed by atoms with van der Waals surface area (Å²) < 4.78 is 26.0. The van der Waals surface area contributed by atoms with Crippen LogP contribution in [0.15, 0.2) is 6.33 Å². The zero-order valence-corrected chi connectivity index (χ0v) is 7.34. The molecule has 6 heteroatoms. The zero-order valence-electron chi connectivity index (χ0n) is 7.34. The van der Waals surface area contributed by atoms with Gasteiger partial charge in [0.25, 0.3) is 5.92 Å². The fourth-order valence-corrected chi connectivity index (χ4v) is 1.67. The monoisotopic (exact) mass is 202 g/mol. The Bertz CT molecular complexity index is 402. The van der Waals surface area contributed by atoms with Crippen molar-refractivity contribution >= 4 is 5.97 Å². The number of hydrogen-bond donors (Lipinski definition) is 2. The molecular weight excluding hydrogens is 194 g/mol. The number of alkyl halides is 2. The first kappa shape index (κ1) is 9.11. The molecule has 1 unspecified atom stereocenters. The van der Waals surface area contributed by atoms with Crippen LogP contribution in [-0.2, 0) is 10.2 Å². The summed E-state index contributed by atoms with van der Waals surface area (Å²) in [6.45, 7) is 1.53. The second-order valence-corrected chi connectivity index (χ2v) is 3.47. The lowest BCUT2D eigenvalue weighted by Gasteiger charge is -2.08. The lowest BCUT2D eigenvalue weighted by molar-refractivity contribution is -0.143. The number of rotatable bonds is 2. The molecule has 1 aliphatic carbocycles. The maximum atomic E-state index is 13.0. The summed E-state index contributed by atoms with van der Waals surface area (Å²) in [6.07, 6.45) is 0.560. The molecule has 1 saturated carbocycles. The van der Waals surface area contributed by atoms with E-state index in [1.54, 1.807) is 0 Å². The van der Waals surface area contributed by atoms with Gasteiger partial charge in [0.1, 0.15) is 0 Å². The number of imidazole rings is 1. The van der Waals surface area contributed by atoms with Gasteiger partial charge in [0.2, 0.25) is 0 Å². The minimum absolute atomic E-state index is 0.0602. The third kappa shape index (κ3) is 0.853. The summed E-state index contributed by atoms with van der Waals surface area (Å²) in [5, 5.41) is 8.80. The van der Waals surface area contributed by atoms with Gasteiger partial charge in [-0.05, 0) is 6.92 Å². The van der Waals surface area contributed by atoms with E-state index in [-0.39, 0.29) is 5.69 Å². The van der Waals surface area contributed by atoms with Gasteiger partial charge in [-0.15, -0.1) is 0 Å². The first-order chi connectivity index (χ1) is 6.42. The van der Waals surface area contributed by atoms with Gasteiger partial charge in [-0.25, -0.2) is 13.8 Å². The highest BCUT2D eigenvalue weighted by molar-refractivity contribution is 5.87. The number of aromatic amines is 1. The second-order valence-electron chi connectivity index (χ2n) is 3.47. The number of H-pyrrole nitrogens is 1. The molecule has 1 atom stereocenters. The number of halogens is 2. The number of aromatic nitrogens is 2. The van der Waals surface area contributed by atoms with E-state index in [0.29, 0.717) is 5.69 Å². The summed E-state index contributed by atoms with van der Waals surface area (Å²) in [5.41, 5.74) is -1.78. The lowest BCUT2D eigenvalue weighted by Crippen LogP contribution is -2.28. The molecule has 1 aliphatic rings. The van der Waals surface area contributed by atoms with Crippen molar-refractivity contribution in [1.29, 1.82) is 0 Å². The third-order valence-corrected chi connectivity index (χ3v) is 2.59. The van der Waals surface area contributed by atoms with Gasteiger partial charge >= 0.3 is 5.97 Å². The molecule has 0 aromatic carbocycles. The first-order valence-corrected chi connectivity index (χ1v) is 4.03. The van der Waals surface area contributed by atoms with Gasteiger partial charge in [-0.3, -0.25) is 4.79 Å². The number of aliphatic carboxylic acids is 1. The molecule has 0 aliphatic heterocycles. The van der Waals surface area contributed by atoms with E-state index in [2.05, 4.69) is 9.97 Å². The van der Waals surface area contributed by atoms with Crippen molar-refractivity contribution < 1.29 is 18.7 Å². The van der Waals surface area contributed by atoms with Crippen molar-refractivity contribution in [3.05, 3.63) is 17.7 Å². The SMILES string of the molecule is Cc1[nH]cnc1C1(C(=O)O)CC1(F)F. The van der Waals surface area contributed by atoms with E-state index in [0.717, 1.165) is 0 Å². The average molecular weight is 202 g/mol. The van der Waals surface area contributed by atoms with Crippen LogP contribution in [0.2, 0.25) is 0 Å². The maximum Gasteiger partial charge on any atom is 0.322 e. The highest BCUT2D eigenvalue weighted by atomic mass is 19.3. The molecule has 2 N–H and O–H groups in total. The van der Waals surface area contributed by atoms with Crippen LogP contribution in [0.25, 0.3) is 0 Å². The van der Waals surface area contributed by atoms with E-state index in [1.165, 1.54) is 13.3 Å². The molecule has 0 amide bonds. The molecule has 1 heterocycles. The van der Waals surface area contributed by atoms with Crippen molar-refractivity contribution in [2.75, 3.05) is 0 Å². The number of hydrogen-bond acceptors (Lipinski definition) is 2. The molecule has 76 valence electrons. The van der Waals surface area contributed by atoms with Crippen molar-refractivity contribution in [3.63, 3.8) is 0 Å². The van der Waals surface area contributed by atoms with Gasteiger partial charge in [0.05, 0.1) is 12.0 Å². The Labute approximate surface area is 78.0 Å². The van der Waals surface area contributed by atoms with Gasteiger partial charge in [-0.1, -0.05) is 0 Å². The Kier molecular flexibility index (Phi) is 1.51. The second kappa shape index (κ2) is 2.31. The van der Waals surface area contributed by atoms with Gasteiger partial charge < -0.3 is 10.1 Å². The van der Waals surface area contributed by atoms with E-state index >= 15 is 0 Å². The Morgan fingerprint density at radius 1 is 1.71 bits per heavy atom. The van der Waals surface area contributed by atoms with Crippen LogP contribution in [-0.4, -0.2) is 27.0 Å². The van der Waals surface area contributed by atoms with Crippen molar-refractivity contribution in [2.45, 2.75) is 24.7 Å². The molecule has 14 heavy (non-hydrogen) atoms. The Hall–Kier alpha value is -1.46. The van der Waals surface area contributed by atoms with E-state index < -0.39 is 23.7 Å². The van der Waals surface area contributed by atoms with Crippen molar-refractivity contribution in [1.82, 2.24) is 9.97 Å². The summed E-state index contributed by atoms with van der Waals surface area (Å²) in [5.74, 6) is -4.70. The molecule has 1 aromatic rings. The largest absolute Gasteiger partial charge is 0.480 e. The highest BCUT2D eigenvalue weighted by Gasteiger charge is 2.79. The number of nitrogens with one attached hydrogen (secondary N) is 1. The normalized spacial score (nSPS) is 28.8. The average Bonchev–Trinajstić information content (AvgIpc) is 2.44. The van der Waals surface area contributed by atoms with E-state index in [4.69, 9.17) is 5.11 Å². The number of aryl methyl sites for hydroxylation is 1. The summed E-state index contributed by atoms with van der Waals surface area (Å²) >= 11 is 0. The van der Waals surface area contributed by atoms with Crippen LogP contribution in [0.5, 0.6) is 0 Å². The fourth-order valence-electron chi connectivity index (χ4n) is 1.67. The number of carboxylic acids is 1. The molecule has 0 spiro atoms. The van der Waals surface area contributed by atoms with Crippen molar-refractivity contribution in [3.8, 4) is 0 Å². The molecule has 1 aromatic heterocycles. The molecule has 0 bridgehead atoms.